The highest BCUT2D eigenvalue weighted by Crippen LogP contribution is 2.25. The Labute approximate surface area is 105 Å². The normalized spacial score (nSPS) is 19.1. The molecule has 1 aliphatic rings. The highest BCUT2D eigenvalue weighted by molar-refractivity contribution is 5.33. The second kappa shape index (κ2) is 4.78. The van der Waals surface area contributed by atoms with Crippen molar-refractivity contribution in [2.75, 3.05) is 20.3 Å². The van der Waals surface area contributed by atoms with Crippen molar-refractivity contribution in [3.05, 3.63) is 36.5 Å². The fraction of sp³-hybridized carbons (Fsp3) is 0.385. The highest BCUT2D eigenvalue weighted by Gasteiger charge is 2.22. The lowest BCUT2D eigenvalue weighted by Gasteiger charge is -2.11. The molecule has 0 amide bonds. The van der Waals surface area contributed by atoms with Crippen LogP contribution >= 0.6 is 0 Å². The molecule has 0 saturated carbocycles. The van der Waals surface area contributed by atoms with Gasteiger partial charge < -0.3 is 14.0 Å². The predicted octanol–water partition coefficient (Wildman–Crippen LogP) is 1.78. The van der Waals surface area contributed by atoms with Gasteiger partial charge in [-0.1, -0.05) is 0 Å². The minimum absolute atomic E-state index is 0.377. The van der Waals surface area contributed by atoms with Crippen LogP contribution in [0.5, 0.6) is 5.88 Å². The molecule has 0 N–H and O–H groups in total. The van der Waals surface area contributed by atoms with Crippen LogP contribution in [0.4, 0.5) is 0 Å². The molecule has 1 fully saturated rings. The van der Waals surface area contributed by atoms with E-state index in [0.29, 0.717) is 11.8 Å². The van der Waals surface area contributed by atoms with E-state index < -0.39 is 0 Å². The van der Waals surface area contributed by atoms with Gasteiger partial charge in [0.15, 0.2) is 0 Å². The SMILES string of the molecule is COc1ccc(-n2ccnc2C2CCOC2)cn1. The summed E-state index contributed by atoms with van der Waals surface area (Å²) in [5.74, 6) is 2.03. The molecule has 94 valence electrons. The van der Waals surface area contributed by atoms with Gasteiger partial charge in [0.2, 0.25) is 5.88 Å². The number of rotatable bonds is 3. The number of hydrogen-bond acceptors (Lipinski definition) is 4. The van der Waals surface area contributed by atoms with Gasteiger partial charge in [0.05, 0.1) is 25.6 Å². The summed E-state index contributed by atoms with van der Waals surface area (Å²) >= 11 is 0. The predicted molar refractivity (Wildman–Crippen MR) is 66.1 cm³/mol. The fourth-order valence-corrected chi connectivity index (χ4v) is 2.21. The molecule has 2 aromatic rings. The molecule has 3 rings (SSSR count). The van der Waals surface area contributed by atoms with Crippen LogP contribution in [0.1, 0.15) is 18.2 Å². The van der Waals surface area contributed by atoms with Gasteiger partial charge in [0.1, 0.15) is 5.82 Å². The molecule has 0 aromatic carbocycles. The molecule has 0 radical (unpaired) electrons. The van der Waals surface area contributed by atoms with Gasteiger partial charge in [-0.3, -0.25) is 0 Å². The maximum atomic E-state index is 5.42. The quantitative estimate of drug-likeness (QED) is 0.827. The summed E-state index contributed by atoms with van der Waals surface area (Å²) < 4.78 is 12.5. The van der Waals surface area contributed by atoms with Gasteiger partial charge in [0.25, 0.3) is 0 Å². The van der Waals surface area contributed by atoms with Gasteiger partial charge in [-0.2, -0.15) is 0 Å². The number of methoxy groups -OCH3 is 1. The van der Waals surface area contributed by atoms with Crippen molar-refractivity contribution in [2.24, 2.45) is 0 Å². The number of ether oxygens (including phenoxy) is 2. The zero-order valence-electron chi connectivity index (χ0n) is 10.2. The Hall–Kier alpha value is -1.88. The summed E-state index contributed by atoms with van der Waals surface area (Å²) in [5.41, 5.74) is 0.996. The third-order valence-corrected chi connectivity index (χ3v) is 3.17. The second-order valence-corrected chi connectivity index (χ2v) is 4.27. The first-order valence-electron chi connectivity index (χ1n) is 6.00. The lowest BCUT2D eigenvalue weighted by Crippen LogP contribution is -2.07. The van der Waals surface area contributed by atoms with E-state index in [4.69, 9.17) is 9.47 Å². The van der Waals surface area contributed by atoms with Gasteiger partial charge in [0, 0.05) is 31.0 Å². The number of hydrogen-bond donors (Lipinski definition) is 0. The summed E-state index contributed by atoms with van der Waals surface area (Å²) in [5, 5.41) is 0. The van der Waals surface area contributed by atoms with Crippen LogP contribution < -0.4 is 4.74 Å². The van der Waals surface area contributed by atoms with Gasteiger partial charge in [-0.05, 0) is 12.5 Å². The van der Waals surface area contributed by atoms with Gasteiger partial charge in [-0.15, -0.1) is 0 Å². The smallest absolute Gasteiger partial charge is 0.213 e. The Balaban J connectivity index is 1.93. The molecule has 0 spiro atoms. The lowest BCUT2D eigenvalue weighted by atomic mass is 10.1. The third-order valence-electron chi connectivity index (χ3n) is 3.17. The van der Waals surface area contributed by atoms with Crippen molar-refractivity contribution in [3.63, 3.8) is 0 Å². The first kappa shape index (κ1) is 11.2. The zero-order valence-corrected chi connectivity index (χ0v) is 10.2. The minimum atomic E-state index is 0.377. The minimum Gasteiger partial charge on any atom is -0.481 e. The summed E-state index contributed by atoms with van der Waals surface area (Å²) in [4.78, 5) is 8.66. The summed E-state index contributed by atoms with van der Waals surface area (Å²) in [6.45, 7) is 1.57. The highest BCUT2D eigenvalue weighted by atomic mass is 16.5. The van der Waals surface area contributed by atoms with Crippen LogP contribution in [0.25, 0.3) is 5.69 Å². The Kier molecular flexibility index (Phi) is 2.98. The van der Waals surface area contributed by atoms with E-state index in [-0.39, 0.29) is 0 Å². The van der Waals surface area contributed by atoms with Crippen LogP contribution in [-0.2, 0) is 4.74 Å². The van der Waals surface area contributed by atoms with Crippen LogP contribution in [0.3, 0.4) is 0 Å². The van der Waals surface area contributed by atoms with Crippen molar-refractivity contribution in [2.45, 2.75) is 12.3 Å². The standard InChI is InChI=1S/C13H15N3O2/c1-17-12-3-2-11(8-15-12)16-6-5-14-13(16)10-4-7-18-9-10/h2-3,5-6,8,10H,4,7,9H2,1H3. The summed E-state index contributed by atoms with van der Waals surface area (Å²) in [6.07, 6.45) is 6.59. The molecule has 2 aromatic heterocycles. The van der Waals surface area contributed by atoms with Crippen molar-refractivity contribution in [1.82, 2.24) is 14.5 Å². The number of nitrogens with zero attached hydrogens (tertiary/aromatic N) is 3. The zero-order chi connectivity index (χ0) is 12.4. The summed E-state index contributed by atoms with van der Waals surface area (Å²) in [7, 11) is 1.61. The Bertz CT molecular complexity index is 515. The molecule has 18 heavy (non-hydrogen) atoms. The molecule has 1 unspecified atom stereocenters. The average molecular weight is 245 g/mol. The van der Waals surface area contributed by atoms with E-state index in [2.05, 4.69) is 14.5 Å². The third kappa shape index (κ3) is 1.97. The summed E-state index contributed by atoms with van der Waals surface area (Å²) in [6, 6.07) is 3.83. The molecule has 1 saturated heterocycles. The van der Waals surface area contributed by atoms with Crippen LogP contribution in [0, 0.1) is 0 Å². The maximum absolute atomic E-state index is 5.42. The average Bonchev–Trinajstić information content (AvgIpc) is 3.09. The van der Waals surface area contributed by atoms with E-state index in [1.54, 1.807) is 13.3 Å². The Morgan fingerprint density at radius 1 is 1.39 bits per heavy atom. The van der Waals surface area contributed by atoms with E-state index in [1.165, 1.54) is 0 Å². The molecular formula is C13H15N3O2. The molecule has 3 heterocycles. The topological polar surface area (TPSA) is 49.2 Å². The number of aromatic nitrogens is 3. The lowest BCUT2D eigenvalue weighted by molar-refractivity contribution is 0.193. The van der Waals surface area contributed by atoms with Crippen molar-refractivity contribution >= 4 is 0 Å². The monoisotopic (exact) mass is 245 g/mol. The Morgan fingerprint density at radius 3 is 3.00 bits per heavy atom. The van der Waals surface area contributed by atoms with Gasteiger partial charge >= 0.3 is 0 Å². The van der Waals surface area contributed by atoms with Crippen molar-refractivity contribution < 1.29 is 9.47 Å². The van der Waals surface area contributed by atoms with E-state index in [9.17, 15) is 0 Å². The molecular weight excluding hydrogens is 230 g/mol. The first-order chi connectivity index (χ1) is 8.88. The first-order valence-corrected chi connectivity index (χ1v) is 6.00. The number of pyridine rings is 1. The fourth-order valence-electron chi connectivity index (χ4n) is 2.21. The largest absolute Gasteiger partial charge is 0.481 e. The second-order valence-electron chi connectivity index (χ2n) is 4.27. The Morgan fingerprint density at radius 2 is 2.33 bits per heavy atom. The number of imidazole rings is 1. The molecule has 0 aliphatic carbocycles. The van der Waals surface area contributed by atoms with E-state index in [0.717, 1.165) is 31.1 Å². The molecule has 5 nitrogen and oxygen atoms in total. The molecule has 1 aliphatic heterocycles. The van der Waals surface area contributed by atoms with E-state index >= 15 is 0 Å². The molecule has 5 heteroatoms. The van der Waals surface area contributed by atoms with Crippen molar-refractivity contribution in [3.8, 4) is 11.6 Å². The van der Waals surface area contributed by atoms with E-state index in [1.807, 2.05) is 24.5 Å². The van der Waals surface area contributed by atoms with Crippen LogP contribution in [-0.4, -0.2) is 34.9 Å². The van der Waals surface area contributed by atoms with Crippen LogP contribution in [0.2, 0.25) is 0 Å². The molecule has 1 atom stereocenters. The van der Waals surface area contributed by atoms with Crippen LogP contribution in [0.15, 0.2) is 30.7 Å². The van der Waals surface area contributed by atoms with Gasteiger partial charge in [-0.25, -0.2) is 9.97 Å². The molecule has 0 bridgehead atoms. The van der Waals surface area contributed by atoms with Crippen molar-refractivity contribution in [1.29, 1.82) is 0 Å². The maximum Gasteiger partial charge on any atom is 0.213 e.